The first-order chi connectivity index (χ1) is 9.22. The maximum atomic E-state index is 4.65. The van der Waals surface area contributed by atoms with Crippen molar-refractivity contribution >= 4 is 15.9 Å². The number of hydrogen-bond acceptors (Lipinski definition) is 3. The Kier molecular flexibility index (Phi) is 3.62. The maximum absolute atomic E-state index is 4.65. The van der Waals surface area contributed by atoms with Crippen LogP contribution >= 0.6 is 15.9 Å². The van der Waals surface area contributed by atoms with E-state index in [2.05, 4.69) is 56.3 Å². The van der Waals surface area contributed by atoms with Crippen LogP contribution < -0.4 is 5.32 Å². The van der Waals surface area contributed by atoms with E-state index in [1.165, 1.54) is 18.4 Å². The summed E-state index contributed by atoms with van der Waals surface area (Å²) in [6, 6.07) is 8.91. The number of halogens is 1. The largest absolute Gasteiger partial charge is 0.307 e. The van der Waals surface area contributed by atoms with Gasteiger partial charge >= 0.3 is 0 Å². The molecule has 0 amide bonds. The SMILES string of the molecule is Cc1ccc(Br)cc1-c1ccnc(CNC2CC2)n1. The van der Waals surface area contributed by atoms with Crippen molar-refractivity contribution in [2.45, 2.75) is 32.4 Å². The van der Waals surface area contributed by atoms with E-state index in [0.717, 1.165) is 28.1 Å². The molecular weight excluding hydrogens is 302 g/mol. The highest BCUT2D eigenvalue weighted by atomic mass is 79.9. The van der Waals surface area contributed by atoms with Crippen LogP contribution in [0.3, 0.4) is 0 Å². The molecule has 0 bridgehead atoms. The number of aromatic nitrogens is 2. The average Bonchev–Trinajstić information content (AvgIpc) is 3.24. The van der Waals surface area contributed by atoms with Gasteiger partial charge in [0.1, 0.15) is 5.82 Å². The third-order valence-corrected chi connectivity index (χ3v) is 3.80. The fourth-order valence-corrected chi connectivity index (χ4v) is 2.39. The Morgan fingerprint density at radius 3 is 2.95 bits per heavy atom. The van der Waals surface area contributed by atoms with Gasteiger partial charge in [0.25, 0.3) is 0 Å². The Morgan fingerprint density at radius 1 is 1.32 bits per heavy atom. The Morgan fingerprint density at radius 2 is 2.16 bits per heavy atom. The summed E-state index contributed by atoms with van der Waals surface area (Å²) in [6.45, 7) is 2.86. The van der Waals surface area contributed by atoms with Gasteiger partial charge in [0, 0.05) is 22.3 Å². The molecule has 0 atom stereocenters. The van der Waals surface area contributed by atoms with E-state index in [1.807, 2.05) is 12.3 Å². The van der Waals surface area contributed by atoms with E-state index in [1.54, 1.807) is 0 Å². The van der Waals surface area contributed by atoms with Crippen molar-refractivity contribution in [1.82, 2.24) is 15.3 Å². The van der Waals surface area contributed by atoms with Gasteiger partial charge < -0.3 is 5.32 Å². The van der Waals surface area contributed by atoms with Crippen molar-refractivity contribution in [1.29, 1.82) is 0 Å². The van der Waals surface area contributed by atoms with Gasteiger partial charge in [0.15, 0.2) is 0 Å². The Hall–Kier alpha value is -1.26. The number of nitrogens with one attached hydrogen (secondary N) is 1. The lowest BCUT2D eigenvalue weighted by molar-refractivity contribution is 0.658. The molecule has 0 unspecified atom stereocenters. The number of rotatable bonds is 4. The van der Waals surface area contributed by atoms with Gasteiger partial charge in [-0.05, 0) is 43.5 Å². The van der Waals surface area contributed by atoms with Gasteiger partial charge in [0.05, 0.1) is 12.2 Å². The van der Waals surface area contributed by atoms with Crippen LogP contribution in [0.5, 0.6) is 0 Å². The number of aryl methyl sites for hydroxylation is 1. The molecule has 98 valence electrons. The van der Waals surface area contributed by atoms with E-state index in [-0.39, 0.29) is 0 Å². The Bertz CT molecular complexity index is 594. The molecule has 1 aromatic heterocycles. The summed E-state index contributed by atoms with van der Waals surface area (Å²) in [5.74, 6) is 0.865. The monoisotopic (exact) mass is 317 g/mol. The van der Waals surface area contributed by atoms with Crippen molar-refractivity contribution in [2.75, 3.05) is 0 Å². The molecule has 1 aromatic carbocycles. The first-order valence-corrected chi connectivity index (χ1v) is 7.33. The Balaban J connectivity index is 1.86. The fraction of sp³-hybridized carbons (Fsp3) is 0.333. The highest BCUT2D eigenvalue weighted by Crippen LogP contribution is 2.25. The van der Waals surface area contributed by atoms with Crippen LogP contribution in [0.1, 0.15) is 24.2 Å². The minimum absolute atomic E-state index is 0.680. The molecule has 1 fully saturated rings. The standard InChI is InChI=1S/C15H16BrN3/c1-10-2-3-11(16)8-13(10)14-6-7-17-15(19-14)9-18-12-4-5-12/h2-3,6-8,12,18H,4-5,9H2,1H3. The highest BCUT2D eigenvalue weighted by Gasteiger charge is 2.20. The molecule has 1 aliphatic carbocycles. The topological polar surface area (TPSA) is 37.8 Å². The number of hydrogen-bond donors (Lipinski definition) is 1. The molecule has 3 rings (SSSR count). The highest BCUT2D eigenvalue weighted by molar-refractivity contribution is 9.10. The van der Waals surface area contributed by atoms with Crippen LogP contribution in [0.2, 0.25) is 0 Å². The van der Waals surface area contributed by atoms with Crippen molar-refractivity contribution < 1.29 is 0 Å². The van der Waals surface area contributed by atoms with E-state index in [0.29, 0.717) is 6.04 Å². The van der Waals surface area contributed by atoms with Gasteiger partial charge in [-0.2, -0.15) is 0 Å². The van der Waals surface area contributed by atoms with E-state index < -0.39 is 0 Å². The van der Waals surface area contributed by atoms with Crippen molar-refractivity contribution in [3.8, 4) is 11.3 Å². The number of nitrogens with zero attached hydrogens (tertiary/aromatic N) is 2. The summed E-state index contributed by atoms with van der Waals surface area (Å²) >= 11 is 3.51. The van der Waals surface area contributed by atoms with E-state index in [9.17, 15) is 0 Å². The van der Waals surface area contributed by atoms with Crippen LogP contribution in [0.25, 0.3) is 11.3 Å². The van der Waals surface area contributed by atoms with Crippen LogP contribution in [-0.4, -0.2) is 16.0 Å². The zero-order chi connectivity index (χ0) is 13.2. The summed E-state index contributed by atoms with van der Waals surface area (Å²) in [5.41, 5.74) is 3.37. The zero-order valence-corrected chi connectivity index (χ0v) is 12.4. The third kappa shape index (κ3) is 3.19. The molecule has 0 aliphatic heterocycles. The summed E-state index contributed by atoms with van der Waals surface area (Å²) in [7, 11) is 0. The molecule has 0 spiro atoms. The normalized spacial score (nSPS) is 14.6. The van der Waals surface area contributed by atoms with Gasteiger partial charge in [-0.25, -0.2) is 9.97 Å². The lowest BCUT2D eigenvalue weighted by Gasteiger charge is -2.08. The van der Waals surface area contributed by atoms with E-state index >= 15 is 0 Å². The van der Waals surface area contributed by atoms with Crippen LogP contribution in [0, 0.1) is 6.92 Å². The Labute approximate surface area is 121 Å². The van der Waals surface area contributed by atoms with Gasteiger partial charge in [-0.3, -0.25) is 0 Å². The second kappa shape index (κ2) is 5.39. The minimum Gasteiger partial charge on any atom is -0.307 e. The summed E-state index contributed by atoms with van der Waals surface area (Å²) in [4.78, 5) is 8.98. The third-order valence-electron chi connectivity index (χ3n) is 3.31. The molecular formula is C15H16BrN3. The molecule has 2 aromatic rings. The molecule has 0 saturated heterocycles. The van der Waals surface area contributed by atoms with Crippen molar-refractivity contribution in [3.05, 3.63) is 46.3 Å². The van der Waals surface area contributed by atoms with Crippen LogP contribution in [-0.2, 0) is 6.54 Å². The van der Waals surface area contributed by atoms with E-state index in [4.69, 9.17) is 0 Å². The van der Waals surface area contributed by atoms with Crippen molar-refractivity contribution in [3.63, 3.8) is 0 Å². The second-order valence-corrected chi connectivity index (χ2v) is 5.89. The molecule has 3 nitrogen and oxygen atoms in total. The summed E-state index contributed by atoms with van der Waals surface area (Å²) < 4.78 is 1.07. The second-order valence-electron chi connectivity index (χ2n) is 4.97. The van der Waals surface area contributed by atoms with Crippen molar-refractivity contribution in [2.24, 2.45) is 0 Å². The predicted octanol–water partition coefficient (Wildman–Crippen LogP) is 3.47. The molecule has 1 aliphatic rings. The van der Waals surface area contributed by atoms with Gasteiger partial charge in [-0.15, -0.1) is 0 Å². The van der Waals surface area contributed by atoms with Gasteiger partial charge in [0.2, 0.25) is 0 Å². The maximum Gasteiger partial charge on any atom is 0.142 e. The zero-order valence-electron chi connectivity index (χ0n) is 10.9. The molecule has 1 heterocycles. The minimum atomic E-state index is 0.680. The van der Waals surface area contributed by atoms with Crippen LogP contribution in [0.15, 0.2) is 34.9 Å². The average molecular weight is 318 g/mol. The lowest BCUT2D eigenvalue weighted by atomic mass is 10.1. The van der Waals surface area contributed by atoms with Gasteiger partial charge in [-0.1, -0.05) is 22.0 Å². The molecule has 1 saturated carbocycles. The molecule has 0 radical (unpaired) electrons. The quantitative estimate of drug-likeness (QED) is 0.938. The fourth-order valence-electron chi connectivity index (χ4n) is 2.03. The molecule has 1 N–H and O–H groups in total. The number of benzene rings is 1. The summed E-state index contributed by atoms with van der Waals surface area (Å²) in [6.07, 6.45) is 4.40. The molecule has 19 heavy (non-hydrogen) atoms. The lowest BCUT2D eigenvalue weighted by Crippen LogP contribution is -2.17. The van der Waals surface area contributed by atoms with Crippen LogP contribution in [0.4, 0.5) is 0 Å². The molecule has 4 heteroatoms. The first-order valence-electron chi connectivity index (χ1n) is 6.54. The summed E-state index contributed by atoms with van der Waals surface area (Å²) in [5, 5.41) is 3.44. The first kappa shape index (κ1) is 12.8. The smallest absolute Gasteiger partial charge is 0.142 e. The predicted molar refractivity (Wildman–Crippen MR) is 79.8 cm³/mol.